The molecule has 17 heavy (non-hydrogen) atoms. The van der Waals surface area contributed by atoms with Gasteiger partial charge >= 0.3 is 0 Å². The van der Waals surface area contributed by atoms with E-state index in [9.17, 15) is 8.42 Å². The van der Waals surface area contributed by atoms with Gasteiger partial charge in [-0.15, -0.1) is 0 Å². The summed E-state index contributed by atoms with van der Waals surface area (Å²) in [6, 6.07) is 4.61. The van der Waals surface area contributed by atoms with Gasteiger partial charge in [0.2, 0.25) is 10.0 Å². The molecule has 96 valence electrons. The summed E-state index contributed by atoms with van der Waals surface area (Å²) in [5.74, 6) is 0.0636. The summed E-state index contributed by atoms with van der Waals surface area (Å²) >= 11 is 11.5. The van der Waals surface area contributed by atoms with E-state index in [4.69, 9.17) is 23.2 Å². The van der Waals surface area contributed by atoms with E-state index in [-0.39, 0.29) is 5.75 Å². The number of sulfonamides is 1. The third-order valence-corrected chi connectivity index (χ3v) is 4.14. The highest BCUT2D eigenvalue weighted by molar-refractivity contribution is 7.92. The van der Waals surface area contributed by atoms with Crippen molar-refractivity contribution >= 4 is 38.9 Å². The molecule has 0 aromatic heterocycles. The standard InChI is InChI=1S/C10H14Cl2N2O2S/c1-13-5-2-6-17(15,16)14-8-3-4-9(11)10(12)7-8/h3-4,7,13-14H,2,5-6H2,1H3. The number of hydrogen-bond acceptors (Lipinski definition) is 3. The molecule has 0 unspecified atom stereocenters. The predicted molar refractivity (Wildman–Crippen MR) is 72.4 cm³/mol. The smallest absolute Gasteiger partial charge is 0.232 e. The maximum atomic E-state index is 11.7. The zero-order valence-corrected chi connectivity index (χ0v) is 11.7. The molecule has 1 rings (SSSR count). The van der Waals surface area contributed by atoms with E-state index in [0.717, 1.165) is 0 Å². The number of benzene rings is 1. The zero-order valence-electron chi connectivity index (χ0n) is 9.33. The first-order chi connectivity index (χ1) is 7.94. The SMILES string of the molecule is CNCCCS(=O)(=O)Nc1ccc(Cl)c(Cl)c1. The highest BCUT2D eigenvalue weighted by Crippen LogP contribution is 2.25. The Labute approximate surface area is 111 Å². The van der Waals surface area contributed by atoms with Crippen LogP contribution in [-0.2, 0) is 10.0 Å². The highest BCUT2D eigenvalue weighted by atomic mass is 35.5. The molecule has 0 bridgehead atoms. The van der Waals surface area contributed by atoms with Crippen LogP contribution in [0, 0.1) is 0 Å². The van der Waals surface area contributed by atoms with Gasteiger partial charge in [-0.25, -0.2) is 8.42 Å². The fraction of sp³-hybridized carbons (Fsp3) is 0.400. The molecule has 0 aliphatic carbocycles. The molecule has 4 nitrogen and oxygen atoms in total. The molecule has 0 fully saturated rings. The molecule has 0 atom stereocenters. The summed E-state index contributed by atoms with van der Waals surface area (Å²) in [7, 11) is -1.55. The molecule has 7 heteroatoms. The Morgan fingerprint density at radius 2 is 1.94 bits per heavy atom. The normalized spacial score (nSPS) is 11.5. The third-order valence-electron chi connectivity index (χ3n) is 2.03. The van der Waals surface area contributed by atoms with E-state index in [1.807, 2.05) is 0 Å². The van der Waals surface area contributed by atoms with E-state index >= 15 is 0 Å². The molecule has 0 radical (unpaired) electrons. The molecule has 1 aromatic rings. The largest absolute Gasteiger partial charge is 0.320 e. The van der Waals surface area contributed by atoms with Gasteiger partial charge in [-0.1, -0.05) is 23.2 Å². The molecule has 0 spiro atoms. The summed E-state index contributed by atoms with van der Waals surface area (Å²) in [5.41, 5.74) is 0.420. The van der Waals surface area contributed by atoms with E-state index in [1.54, 1.807) is 19.2 Å². The lowest BCUT2D eigenvalue weighted by Crippen LogP contribution is -2.20. The lowest BCUT2D eigenvalue weighted by molar-refractivity contribution is 0.597. The number of rotatable bonds is 6. The molecule has 0 saturated carbocycles. The molecule has 0 saturated heterocycles. The summed E-state index contributed by atoms with van der Waals surface area (Å²) in [6.07, 6.45) is 0.549. The second-order valence-corrected chi connectivity index (χ2v) is 6.16. The fourth-order valence-corrected chi connectivity index (χ4v) is 2.64. The van der Waals surface area contributed by atoms with E-state index < -0.39 is 10.0 Å². The maximum Gasteiger partial charge on any atom is 0.232 e. The maximum absolute atomic E-state index is 11.7. The number of halogens is 2. The lowest BCUT2D eigenvalue weighted by atomic mass is 10.3. The summed E-state index contributed by atoms with van der Waals surface area (Å²) in [5, 5.41) is 3.60. The minimum Gasteiger partial charge on any atom is -0.320 e. The Bertz CT molecular complexity index is 477. The number of anilines is 1. The third kappa shape index (κ3) is 5.12. The Balaban J connectivity index is 2.66. The molecular weight excluding hydrogens is 283 g/mol. The van der Waals surface area contributed by atoms with Gasteiger partial charge in [0.15, 0.2) is 0 Å². The molecule has 0 aliphatic rings. The molecule has 0 heterocycles. The second-order valence-electron chi connectivity index (χ2n) is 3.51. The van der Waals surface area contributed by atoms with Gasteiger partial charge in [0.05, 0.1) is 21.5 Å². The van der Waals surface area contributed by atoms with Crippen molar-refractivity contribution < 1.29 is 8.42 Å². The molecule has 2 N–H and O–H groups in total. The monoisotopic (exact) mass is 296 g/mol. The van der Waals surface area contributed by atoms with Crippen molar-refractivity contribution in [2.24, 2.45) is 0 Å². The summed E-state index contributed by atoms with van der Waals surface area (Å²) in [4.78, 5) is 0. The summed E-state index contributed by atoms with van der Waals surface area (Å²) < 4.78 is 25.8. The molecule has 0 aliphatic heterocycles. The van der Waals surface area contributed by atoms with Crippen LogP contribution >= 0.6 is 23.2 Å². The molecule has 0 amide bonds. The molecule has 1 aromatic carbocycles. The van der Waals surface area contributed by atoms with Crippen LogP contribution in [0.15, 0.2) is 18.2 Å². The summed E-state index contributed by atoms with van der Waals surface area (Å²) in [6.45, 7) is 0.655. The van der Waals surface area contributed by atoms with Crippen LogP contribution in [0.2, 0.25) is 10.0 Å². The minimum absolute atomic E-state index is 0.0636. The van der Waals surface area contributed by atoms with Crippen molar-refractivity contribution in [1.82, 2.24) is 5.32 Å². The van der Waals surface area contributed by atoms with Crippen molar-refractivity contribution in [2.75, 3.05) is 24.1 Å². The van der Waals surface area contributed by atoms with Gasteiger partial charge in [0.1, 0.15) is 0 Å². The first-order valence-corrected chi connectivity index (χ1v) is 7.45. The Kier molecular flexibility index (Phi) is 5.52. The topological polar surface area (TPSA) is 58.2 Å². The van der Waals surface area contributed by atoms with Crippen LogP contribution in [0.3, 0.4) is 0 Å². The second kappa shape index (κ2) is 6.44. The van der Waals surface area contributed by atoms with Crippen LogP contribution in [-0.4, -0.2) is 27.8 Å². The van der Waals surface area contributed by atoms with Crippen LogP contribution < -0.4 is 10.0 Å². The van der Waals surface area contributed by atoms with Gasteiger partial charge in [-0.3, -0.25) is 4.72 Å². The average molecular weight is 297 g/mol. The van der Waals surface area contributed by atoms with Crippen LogP contribution in [0.5, 0.6) is 0 Å². The van der Waals surface area contributed by atoms with Crippen LogP contribution in [0.25, 0.3) is 0 Å². The van der Waals surface area contributed by atoms with Crippen LogP contribution in [0.1, 0.15) is 6.42 Å². The van der Waals surface area contributed by atoms with Crippen LogP contribution in [0.4, 0.5) is 5.69 Å². The number of hydrogen-bond donors (Lipinski definition) is 2. The molecular formula is C10H14Cl2N2O2S. The zero-order chi connectivity index (χ0) is 12.9. The van der Waals surface area contributed by atoms with E-state index in [1.165, 1.54) is 6.07 Å². The lowest BCUT2D eigenvalue weighted by Gasteiger charge is -2.08. The van der Waals surface area contributed by atoms with Gasteiger partial charge in [0, 0.05) is 0 Å². The first kappa shape index (κ1) is 14.6. The minimum atomic E-state index is -3.33. The van der Waals surface area contributed by atoms with E-state index in [2.05, 4.69) is 10.0 Å². The van der Waals surface area contributed by atoms with Crippen molar-refractivity contribution in [3.63, 3.8) is 0 Å². The fourth-order valence-electron chi connectivity index (χ4n) is 1.23. The first-order valence-electron chi connectivity index (χ1n) is 5.05. The van der Waals surface area contributed by atoms with Gasteiger partial charge in [0.25, 0.3) is 0 Å². The van der Waals surface area contributed by atoms with Crippen molar-refractivity contribution in [3.8, 4) is 0 Å². The van der Waals surface area contributed by atoms with Crippen molar-refractivity contribution in [1.29, 1.82) is 0 Å². The van der Waals surface area contributed by atoms with Crippen molar-refractivity contribution in [2.45, 2.75) is 6.42 Å². The van der Waals surface area contributed by atoms with E-state index in [0.29, 0.717) is 28.7 Å². The predicted octanol–water partition coefficient (Wildman–Crippen LogP) is 2.34. The van der Waals surface area contributed by atoms with Gasteiger partial charge in [-0.2, -0.15) is 0 Å². The quantitative estimate of drug-likeness (QED) is 0.792. The van der Waals surface area contributed by atoms with Crippen molar-refractivity contribution in [3.05, 3.63) is 28.2 Å². The Morgan fingerprint density at radius 1 is 1.24 bits per heavy atom. The average Bonchev–Trinajstić information content (AvgIpc) is 2.23. The van der Waals surface area contributed by atoms with Gasteiger partial charge < -0.3 is 5.32 Å². The number of nitrogens with one attached hydrogen (secondary N) is 2. The highest BCUT2D eigenvalue weighted by Gasteiger charge is 2.10. The van der Waals surface area contributed by atoms with Gasteiger partial charge in [-0.05, 0) is 38.2 Å². The Morgan fingerprint density at radius 3 is 2.53 bits per heavy atom. The Hall–Kier alpha value is -0.490.